The van der Waals surface area contributed by atoms with Crippen LogP contribution >= 0.6 is 22.6 Å². The van der Waals surface area contributed by atoms with Crippen molar-refractivity contribution in [1.82, 2.24) is 0 Å². The number of benzene rings is 1. The highest BCUT2D eigenvalue weighted by molar-refractivity contribution is 14.1. The quantitative estimate of drug-likeness (QED) is 0.606. The van der Waals surface area contributed by atoms with Crippen LogP contribution < -0.4 is 0 Å². The van der Waals surface area contributed by atoms with Gasteiger partial charge in [0, 0.05) is 3.92 Å². The zero-order valence-corrected chi connectivity index (χ0v) is 11.0. The molecular formula is C13H17IO. The van der Waals surface area contributed by atoms with E-state index in [1.807, 2.05) is 6.07 Å². The monoisotopic (exact) mass is 316 g/mol. The molecule has 1 aromatic carbocycles. The van der Waals surface area contributed by atoms with E-state index in [9.17, 15) is 0 Å². The highest BCUT2D eigenvalue weighted by atomic mass is 127. The molecule has 1 nitrogen and oxygen atoms in total. The minimum atomic E-state index is 0.472. The van der Waals surface area contributed by atoms with Crippen LogP contribution in [0.2, 0.25) is 0 Å². The maximum atomic E-state index is 5.97. The number of ether oxygens (including phenoxy) is 1. The molecule has 2 heteroatoms. The molecule has 1 fully saturated rings. The first-order chi connectivity index (χ1) is 7.36. The van der Waals surface area contributed by atoms with E-state index in [0.717, 1.165) is 6.61 Å². The Morgan fingerprint density at radius 1 is 1.13 bits per heavy atom. The minimum Gasteiger partial charge on any atom is -0.372 e. The van der Waals surface area contributed by atoms with Crippen molar-refractivity contribution in [2.24, 2.45) is 0 Å². The average molecular weight is 316 g/mol. The van der Waals surface area contributed by atoms with Gasteiger partial charge in [0.15, 0.2) is 0 Å². The number of hydrogen-bond acceptors (Lipinski definition) is 1. The molecule has 1 unspecified atom stereocenters. The first-order valence-electron chi connectivity index (χ1n) is 5.66. The van der Waals surface area contributed by atoms with E-state index in [0.29, 0.717) is 10.0 Å². The van der Waals surface area contributed by atoms with E-state index >= 15 is 0 Å². The number of hydrogen-bond donors (Lipinski definition) is 0. The Hall–Kier alpha value is -0.0900. The predicted molar refractivity (Wildman–Crippen MR) is 71.3 cm³/mol. The first kappa shape index (κ1) is 11.4. The lowest BCUT2D eigenvalue weighted by atomic mass is 9.98. The summed E-state index contributed by atoms with van der Waals surface area (Å²) in [4.78, 5) is 0. The van der Waals surface area contributed by atoms with E-state index in [-0.39, 0.29) is 0 Å². The van der Waals surface area contributed by atoms with Gasteiger partial charge in [-0.15, -0.1) is 0 Å². The molecule has 1 aromatic rings. The highest BCUT2D eigenvalue weighted by Gasteiger charge is 2.22. The fourth-order valence-corrected chi connectivity index (χ4v) is 3.02. The zero-order valence-electron chi connectivity index (χ0n) is 8.86. The number of halogens is 1. The summed E-state index contributed by atoms with van der Waals surface area (Å²) in [5.41, 5.74) is 1.28. The van der Waals surface area contributed by atoms with E-state index in [4.69, 9.17) is 4.74 Å². The van der Waals surface area contributed by atoms with Crippen molar-refractivity contribution in [2.45, 2.75) is 42.3 Å². The van der Waals surface area contributed by atoms with Gasteiger partial charge in [-0.3, -0.25) is 0 Å². The molecule has 0 amide bonds. The topological polar surface area (TPSA) is 9.23 Å². The molecule has 1 saturated carbocycles. The number of rotatable bonds is 3. The van der Waals surface area contributed by atoms with Crippen LogP contribution in [0.25, 0.3) is 0 Å². The Bertz CT molecular complexity index is 286. The molecule has 0 saturated heterocycles. The van der Waals surface area contributed by atoms with Crippen molar-refractivity contribution in [3.8, 4) is 0 Å². The summed E-state index contributed by atoms with van der Waals surface area (Å²) in [5.74, 6) is 0. The lowest BCUT2D eigenvalue weighted by Crippen LogP contribution is -2.27. The standard InChI is InChI=1S/C13H17IO/c14-12-8-4-5-9-13(12)15-10-11-6-2-1-3-7-11/h1-3,6-7,12-13H,4-5,8-10H2/t12?,13-/m1/s1. The maximum absolute atomic E-state index is 5.97. The summed E-state index contributed by atoms with van der Waals surface area (Å²) in [6.07, 6.45) is 5.73. The van der Waals surface area contributed by atoms with Gasteiger partial charge < -0.3 is 4.74 Å². The second-order valence-electron chi connectivity index (χ2n) is 4.14. The second-order valence-corrected chi connectivity index (χ2v) is 5.74. The second kappa shape index (κ2) is 5.85. The smallest absolute Gasteiger partial charge is 0.0721 e. The fourth-order valence-electron chi connectivity index (χ4n) is 2.02. The van der Waals surface area contributed by atoms with Gasteiger partial charge in [0.1, 0.15) is 0 Å². The Morgan fingerprint density at radius 2 is 1.87 bits per heavy atom. The molecule has 1 aliphatic rings. The van der Waals surface area contributed by atoms with Crippen LogP contribution in [-0.2, 0) is 11.3 Å². The molecule has 2 atom stereocenters. The van der Waals surface area contributed by atoms with Crippen molar-refractivity contribution in [1.29, 1.82) is 0 Å². The van der Waals surface area contributed by atoms with Crippen LogP contribution in [-0.4, -0.2) is 10.0 Å². The van der Waals surface area contributed by atoms with Crippen molar-refractivity contribution in [2.75, 3.05) is 0 Å². The van der Waals surface area contributed by atoms with Crippen molar-refractivity contribution < 1.29 is 4.74 Å². The van der Waals surface area contributed by atoms with Gasteiger partial charge in [-0.25, -0.2) is 0 Å². The molecule has 0 radical (unpaired) electrons. The predicted octanol–water partition coefficient (Wildman–Crippen LogP) is 3.95. The van der Waals surface area contributed by atoms with Crippen LogP contribution in [0, 0.1) is 0 Å². The highest BCUT2D eigenvalue weighted by Crippen LogP contribution is 2.27. The average Bonchev–Trinajstić information content (AvgIpc) is 2.29. The van der Waals surface area contributed by atoms with E-state index in [1.54, 1.807) is 0 Å². The third kappa shape index (κ3) is 3.45. The number of alkyl halides is 1. The van der Waals surface area contributed by atoms with Gasteiger partial charge in [-0.05, 0) is 18.4 Å². The summed E-state index contributed by atoms with van der Waals surface area (Å²) in [5, 5.41) is 0. The Labute approximate surface area is 105 Å². The van der Waals surface area contributed by atoms with Crippen LogP contribution in [0.5, 0.6) is 0 Å². The van der Waals surface area contributed by atoms with Gasteiger partial charge in [0.05, 0.1) is 12.7 Å². The summed E-state index contributed by atoms with van der Waals surface area (Å²) < 4.78 is 6.68. The van der Waals surface area contributed by atoms with Crippen LogP contribution in [0.1, 0.15) is 31.2 Å². The molecular weight excluding hydrogens is 299 g/mol. The van der Waals surface area contributed by atoms with Gasteiger partial charge >= 0.3 is 0 Å². The first-order valence-corrected chi connectivity index (χ1v) is 6.90. The van der Waals surface area contributed by atoms with Gasteiger partial charge in [-0.2, -0.15) is 0 Å². The molecule has 0 aliphatic heterocycles. The lowest BCUT2D eigenvalue weighted by Gasteiger charge is -2.27. The summed E-state index contributed by atoms with van der Waals surface area (Å²) in [6, 6.07) is 10.4. The normalized spacial score (nSPS) is 26.5. The SMILES string of the molecule is IC1CCCC[C@H]1OCc1ccccc1. The fraction of sp³-hybridized carbons (Fsp3) is 0.538. The van der Waals surface area contributed by atoms with Crippen LogP contribution in [0.15, 0.2) is 30.3 Å². The van der Waals surface area contributed by atoms with Crippen molar-refractivity contribution in [3.05, 3.63) is 35.9 Å². The minimum absolute atomic E-state index is 0.472. The third-order valence-electron chi connectivity index (χ3n) is 2.93. The zero-order chi connectivity index (χ0) is 10.5. The summed E-state index contributed by atoms with van der Waals surface area (Å²) in [7, 11) is 0. The molecule has 0 bridgehead atoms. The van der Waals surface area contributed by atoms with Crippen LogP contribution in [0.3, 0.4) is 0 Å². The molecule has 2 rings (SSSR count). The molecule has 0 spiro atoms. The molecule has 82 valence electrons. The van der Waals surface area contributed by atoms with Gasteiger partial charge in [-0.1, -0.05) is 65.8 Å². The van der Waals surface area contributed by atoms with E-state index in [2.05, 4.69) is 46.9 Å². The maximum Gasteiger partial charge on any atom is 0.0721 e. The van der Waals surface area contributed by atoms with Gasteiger partial charge in [0.25, 0.3) is 0 Å². The van der Waals surface area contributed by atoms with Crippen molar-refractivity contribution in [3.63, 3.8) is 0 Å². The summed E-state index contributed by atoms with van der Waals surface area (Å²) in [6.45, 7) is 0.769. The van der Waals surface area contributed by atoms with Crippen LogP contribution in [0.4, 0.5) is 0 Å². The third-order valence-corrected chi connectivity index (χ3v) is 4.35. The lowest BCUT2D eigenvalue weighted by molar-refractivity contribution is 0.0246. The van der Waals surface area contributed by atoms with Crippen molar-refractivity contribution >= 4 is 22.6 Å². The molecule has 0 N–H and O–H groups in total. The molecule has 1 aliphatic carbocycles. The Kier molecular flexibility index (Phi) is 4.44. The largest absolute Gasteiger partial charge is 0.372 e. The molecule has 0 heterocycles. The van der Waals surface area contributed by atoms with E-state index in [1.165, 1.54) is 31.2 Å². The Morgan fingerprint density at radius 3 is 2.60 bits per heavy atom. The molecule has 15 heavy (non-hydrogen) atoms. The van der Waals surface area contributed by atoms with Gasteiger partial charge in [0.2, 0.25) is 0 Å². The van der Waals surface area contributed by atoms with E-state index < -0.39 is 0 Å². The molecule has 0 aromatic heterocycles. The summed E-state index contributed by atoms with van der Waals surface area (Å²) >= 11 is 2.54. The Balaban J connectivity index is 1.82.